The van der Waals surface area contributed by atoms with Crippen molar-refractivity contribution in [3.05, 3.63) is 64.7 Å². The Morgan fingerprint density at radius 3 is 2.15 bits per heavy atom. The first-order valence-corrected chi connectivity index (χ1v) is 5.78. The summed E-state index contributed by atoms with van der Waals surface area (Å²) in [6.07, 6.45) is 0. The molecule has 1 aliphatic heterocycles. The van der Waals surface area contributed by atoms with Gasteiger partial charge in [0, 0.05) is 11.6 Å². The van der Waals surface area contributed by atoms with Gasteiger partial charge in [-0.05, 0) is 5.56 Å². The fraction of sp³-hybridized carbons (Fsp3) is 0.0714. The monoisotopic (exact) mass is 280 g/mol. The summed E-state index contributed by atoms with van der Waals surface area (Å²) in [4.78, 5) is 0.918. The standard InChI is InChI=1S/C14H8F4N2/c15-9-5-10(16)12(18)13(11(9)17)20-6-7-3-1-2-4-8(7)14(20)19/h1-5,19H,6H2. The van der Waals surface area contributed by atoms with Gasteiger partial charge in [0.05, 0.1) is 6.54 Å². The molecule has 2 aromatic rings. The number of fused-ring (bicyclic) bond motifs is 1. The van der Waals surface area contributed by atoms with Crippen LogP contribution in [0.5, 0.6) is 0 Å². The van der Waals surface area contributed by atoms with Gasteiger partial charge in [-0.25, -0.2) is 17.6 Å². The summed E-state index contributed by atoms with van der Waals surface area (Å²) in [6.45, 7) is -0.00819. The molecule has 0 aliphatic carbocycles. The molecule has 0 unspecified atom stereocenters. The maximum absolute atomic E-state index is 13.8. The van der Waals surface area contributed by atoms with E-state index in [9.17, 15) is 17.6 Å². The van der Waals surface area contributed by atoms with Gasteiger partial charge >= 0.3 is 0 Å². The average molecular weight is 280 g/mol. The summed E-state index contributed by atoms with van der Waals surface area (Å²) >= 11 is 0. The van der Waals surface area contributed by atoms with Crippen LogP contribution in [0.25, 0.3) is 0 Å². The summed E-state index contributed by atoms with van der Waals surface area (Å²) in [5.41, 5.74) is 0.278. The topological polar surface area (TPSA) is 27.1 Å². The van der Waals surface area contributed by atoms with Crippen LogP contribution in [0.3, 0.4) is 0 Å². The Balaban J connectivity index is 2.16. The highest BCUT2D eigenvalue weighted by Crippen LogP contribution is 2.34. The Kier molecular flexibility index (Phi) is 2.74. The third kappa shape index (κ3) is 1.68. The molecule has 1 heterocycles. The number of anilines is 1. The summed E-state index contributed by atoms with van der Waals surface area (Å²) in [6, 6.07) is 6.85. The van der Waals surface area contributed by atoms with Crippen molar-refractivity contribution in [1.29, 1.82) is 5.41 Å². The number of halogens is 4. The van der Waals surface area contributed by atoms with Gasteiger partial charge in [-0.15, -0.1) is 0 Å². The van der Waals surface area contributed by atoms with Crippen LogP contribution in [0.1, 0.15) is 11.1 Å². The molecule has 6 heteroatoms. The van der Waals surface area contributed by atoms with Gasteiger partial charge in [0.25, 0.3) is 0 Å². The minimum atomic E-state index is -1.50. The van der Waals surface area contributed by atoms with Gasteiger partial charge in [-0.2, -0.15) is 0 Å². The molecular weight excluding hydrogens is 272 g/mol. The number of benzene rings is 2. The number of amidine groups is 1. The molecule has 102 valence electrons. The molecule has 1 aliphatic rings. The van der Waals surface area contributed by atoms with Crippen molar-refractivity contribution in [3.8, 4) is 0 Å². The van der Waals surface area contributed by atoms with Gasteiger partial charge < -0.3 is 4.90 Å². The molecule has 0 fully saturated rings. The lowest BCUT2D eigenvalue weighted by molar-refractivity contribution is 0.455. The highest BCUT2D eigenvalue weighted by atomic mass is 19.2. The molecule has 3 rings (SSSR count). The van der Waals surface area contributed by atoms with Gasteiger partial charge in [0.15, 0.2) is 23.3 Å². The van der Waals surface area contributed by atoms with Crippen LogP contribution < -0.4 is 4.90 Å². The van der Waals surface area contributed by atoms with Crippen molar-refractivity contribution < 1.29 is 17.6 Å². The van der Waals surface area contributed by atoms with Crippen LogP contribution in [-0.4, -0.2) is 5.84 Å². The van der Waals surface area contributed by atoms with E-state index in [4.69, 9.17) is 5.41 Å². The van der Waals surface area contributed by atoms with Gasteiger partial charge in [0.1, 0.15) is 11.5 Å². The minimum absolute atomic E-state index is 0.00819. The minimum Gasteiger partial charge on any atom is -0.317 e. The van der Waals surface area contributed by atoms with E-state index in [1.807, 2.05) is 0 Å². The molecule has 0 amide bonds. The normalized spacial score (nSPS) is 13.8. The molecule has 0 spiro atoms. The Morgan fingerprint density at radius 1 is 0.950 bits per heavy atom. The molecule has 0 radical (unpaired) electrons. The molecule has 2 nitrogen and oxygen atoms in total. The molecule has 0 aromatic heterocycles. The number of hydrogen-bond donors (Lipinski definition) is 1. The number of rotatable bonds is 1. The molecule has 0 saturated heterocycles. The Hall–Kier alpha value is -2.37. The molecule has 0 saturated carbocycles. The average Bonchev–Trinajstić information content (AvgIpc) is 2.75. The number of hydrogen-bond acceptors (Lipinski definition) is 1. The molecule has 0 atom stereocenters. The van der Waals surface area contributed by atoms with E-state index in [1.165, 1.54) is 0 Å². The highest BCUT2D eigenvalue weighted by Gasteiger charge is 2.31. The Labute approximate surface area is 111 Å². The molecule has 1 N–H and O–H groups in total. The van der Waals surface area contributed by atoms with E-state index in [0.717, 1.165) is 4.90 Å². The van der Waals surface area contributed by atoms with Crippen LogP contribution in [0.15, 0.2) is 30.3 Å². The SMILES string of the molecule is N=C1c2ccccc2CN1c1c(F)c(F)cc(F)c1F. The molecular formula is C14H8F4N2. The Bertz CT molecular complexity index is 701. The van der Waals surface area contributed by atoms with E-state index in [-0.39, 0.29) is 18.4 Å². The maximum atomic E-state index is 13.8. The van der Waals surface area contributed by atoms with Crippen molar-refractivity contribution in [2.45, 2.75) is 6.54 Å². The Morgan fingerprint density at radius 2 is 1.55 bits per heavy atom. The summed E-state index contributed by atoms with van der Waals surface area (Å²) in [7, 11) is 0. The van der Waals surface area contributed by atoms with E-state index in [0.29, 0.717) is 11.1 Å². The molecule has 2 aromatic carbocycles. The predicted molar refractivity (Wildman–Crippen MR) is 65.7 cm³/mol. The number of nitrogens with zero attached hydrogens (tertiary/aromatic N) is 1. The van der Waals surface area contributed by atoms with Crippen LogP contribution in [-0.2, 0) is 6.54 Å². The second kappa shape index (κ2) is 4.33. The van der Waals surface area contributed by atoms with Crippen molar-refractivity contribution in [2.75, 3.05) is 4.90 Å². The van der Waals surface area contributed by atoms with Gasteiger partial charge in [0.2, 0.25) is 0 Å². The lowest BCUT2D eigenvalue weighted by atomic mass is 10.1. The second-order valence-electron chi connectivity index (χ2n) is 4.41. The van der Waals surface area contributed by atoms with Crippen LogP contribution in [0.2, 0.25) is 0 Å². The fourth-order valence-corrected chi connectivity index (χ4v) is 2.27. The smallest absolute Gasteiger partial charge is 0.185 e. The fourth-order valence-electron chi connectivity index (χ4n) is 2.27. The quantitative estimate of drug-likeness (QED) is 0.627. The van der Waals surface area contributed by atoms with E-state index in [2.05, 4.69) is 0 Å². The summed E-state index contributed by atoms with van der Waals surface area (Å²) < 4.78 is 54.0. The van der Waals surface area contributed by atoms with Crippen LogP contribution in [0, 0.1) is 28.7 Å². The van der Waals surface area contributed by atoms with Crippen LogP contribution in [0.4, 0.5) is 23.2 Å². The zero-order valence-corrected chi connectivity index (χ0v) is 10.1. The zero-order chi connectivity index (χ0) is 14.4. The van der Waals surface area contributed by atoms with E-state index in [1.54, 1.807) is 24.3 Å². The highest BCUT2D eigenvalue weighted by molar-refractivity contribution is 6.11. The lowest BCUT2D eigenvalue weighted by Crippen LogP contribution is -2.26. The van der Waals surface area contributed by atoms with Gasteiger partial charge in [-0.3, -0.25) is 5.41 Å². The second-order valence-corrected chi connectivity index (χ2v) is 4.41. The van der Waals surface area contributed by atoms with E-state index >= 15 is 0 Å². The predicted octanol–water partition coefficient (Wildman–Crippen LogP) is 3.59. The largest absolute Gasteiger partial charge is 0.317 e. The van der Waals surface area contributed by atoms with E-state index < -0.39 is 29.0 Å². The maximum Gasteiger partial charge on any atom is 0.185 e. The first-order chi connectivity index (χ1) is 9.50. The third-order valence-corrected chi connectivity index (χ3v) is 3.23. The molecule has 20 heavy (non-hydrogen) atoms. The van der Waals surface area contributed by atoms with Crippen molar-refractivity contribution in [1.82, 2.24) is 0 Å². The molecule has 0 bridgehead atoms. The number of nitrogens with one attached hydrogen (secondary N) is 1. The van der Waals surface area contributed by atoms with Gasteiger partial charge in [-0.1, -0.05) is 24.3 Å². The summed E-state index contributed by atoms with van der Waals surface area (Å²) in [5, 5.41) is 7.91. The first kappa shape index (κ1) is 12.7. The van der Waals surface area contributed by atoms with Crippen molar-refractivity contribution >= 4 is 11.5 Å². The van der Waals surface area contributed by atoms with Crippen LogP contribution >= 0.6 is 0 Å². The zero-order valence-electron chi connectivity index (χ0n) is 10.1. The van der Waals surface area contributed by atoms with Crippen molar-refractivity contribution in [3.63, 3.8) is 0 Å². The summed E-state index contributed by atoms with van der Waals surface area (Å²) in [5.74, 6) is -6.16. The lowest BCUT2D eigenvalue weighted by Gasteiger charge is -2.19. The first-order valence-electron chi connectivity index (χ1n) is 5.78. The van der Waals surface area contributed by atoms with Crippen molar-refractivity contribution in [2.24, 2.45) is 0 Å². The third-order valence-electron chi connectivity index (χ3n) is 3.23.